The molecule has 2 amide bonds. The van der Waals surface area contributed by atoms with Crippen molar-refractivity contribution in [1.29, 1.82) is 0 Å². The molecule has 0 bridgehead atoms. The van der Waals surface area contributed by atoms with Crippen molar-refractivity contribution in [2.75, 3.05) is 18.4 Å². The lowest BCUT2D eigenvalue weighted by atomic mass is 10.1. The number of carbonyl (C=O) groups excluding carboxylic acids is 2. The smallest absolute Gasteiger partial charge is 0.276 e. The zero-order chi connectivity index (χ0) is 19.6. The van der Waals surface area contributed by atoms with Crippen LogP contribution in [0.2, 0.25) is 0 Å². The van der Waals surface area contributed by atoms with Gasteiger partial charge in [0, 0.05) is 29.6 Å². The second-order valence-electron chi connectivity index (χ2n) is 7.21. The molecule has 1 fully saturated rings. The van der Waals surface area contributed by atoms with Gasteiger partial charge in [0.15, 0.2) is 5.13 Å². The molecule has 0 aromatic carbocycles. The van der Waals surface area contributed by atoms with Crippen molar-refractivity contribution < 1.29 is 14.3 Å². The molecule has 144 valence electrons. The Labute approximate surface area is 162 Å². The molecular formula is C19H24N4O3S. The lowest BCUT2D eigenvalue weighted by molar-refractivity contribution is -0.140. The number of rotatable bonds is 6. The van der Waals surface area contributed by atoms with Crippen LogP contribution in [0.25, 0.3) is 0 Å². The number of ether oxygens (including phenoxy) is 1. The fraction of sp³-hybridized carbons (Fsp3) is 0.474. The normalized spacial score (nSPS) is 14.2. The Morgan fingerprint density at radius 2 is 2.00 bits per heavy atom. The zero-order valence-electron chi connectivity index (χ0n) is 16.0. The number of carbonyl (C=O) groups is 2. The third-order valence-electron chi connectivity index (χ3n) is 4.09. The van der Waals surface area contributed by atoms with Gasteiger partial charge in [-0.1, -0.05) is 13.8 Å². The number of hydrogen-bond donors (Lipinski definition) is 1. The molecule has 7 nitrogen and oxygen atoms in total. The van der Waals surface area contributed by atoms with Crippen LogP contribution >= 0.6 is 11.3 Å². The van der Waals surface area contributed by atoms with E-state index in [0.717, 1.165) is 5.69 Å². The zero-order valence-corrected chi connectivity index (χ0v) is 16.8. The molecule has 3 rings (SSSR count). The molecule has 2 aromatic rings. The predicted octanol–water partition coefficient (Wildman–Crippen LogP) is 3.04. The number of pyridine rings is 1. The van der Waals surface area contributed by atoms with E-state index in [1.807, 2.05) is 33.1 Å². The van der Waals surface area contributed by atoms with Crippen molar-refractivity contribution in [3.63, 3.8) is 0 Å². The molecule has 0 saturated carbocycles. The van der Waals surface area contributed by atoms with E-state index in [-0.39, 0.29) is 23.6 Å². The van der Waals surface area contributed by atoms with Crippen molar-refractivity contribution >= 4 is 28.3 Å². The maximum atomic E-state index is 12.4. The summed E-state index contributed by atoms with van der Waals surface area (Å²) in [6, 6.07) is 3.42. The second-order valence-corrected chi connectivity index (χ2v) is 8.07. The largest absolute Gasteiger partial charge is 0.487 e. The van der Waals surface area contributed by atoms with Gasteiger partial charge >= 0.3 is 0 Å². The number of anilines is 1. The van der Waals surface area contributed by atoms with Gasteiger partial charge in [-0.3, -0.25) is 14.9 Å². The van der Waals surface area contributed by atoms with Crippen LogP contribution in [-0.4, -0.2) is 45.9 Å². The van der Waals surface area contributed by atoms with Gasteiger partial charge in [0.2, 0.25) is 5.91 Å². The number of nitrogens with one attached hydrogen (secondary N) is 1. The number of aryl methyl sites for hydroxylation is 2. The molecule has 2 aromatic heterocycles. The Balaban J connectivity index is 1.59. The summed E-state index contributed by atoms with van der Waals surface area (Å²) in [5.41, 5.74) is 1.84. The number of aromatic nitrogens is 2. The SMILES string of the molecule is Cc1cc(OC2CN(C(=O)CC(C)C)C2)cc(C(=O)Nc2nc(C)cs2)n1. The third kappa shape index (κ3) is 5.03. The Morgan fingerprint density at radius 3 is 2.63 bits per heavy atom. The van der Waals surface area contributed by atoms with Crippen molar-refractivity contribution in [2.24, 2.45) is 5.92 Å². The quantitative estimate of drug-likeness (QED) is 0.822. The summed E-state index contributed by atoms with van der Waals surface area (Å²) >= 11 is 1.37. The fourth-order valence-corrected chi connectivity index (χ4v) is 3.46. The highest BCUT2D eigenvalue weighted by atomic mass is 32.1. The molecule has 3 heterocycles. The van der Waals surface area contributed by atoms with E-state index in [4.69, 9.17) is 4.74 Å². The molecule has 1 N–H and O–H groups in total. The number of hydrogen-bond acceptors (Lipinski definition) is 6. The lowest BCUT2D eigenvalue weighted by Gasteiger charge is -2.39. The maximum Gasteiger partial charge on any atom is 0.276 e. The molecule has 8 heteroatoms. The highest BCUT2D eigenvalue weighted by Crippen LogP contribution is 2.22. The van der Waals surface area contributed by atoms with Gasteiger partial charge in [0.25, 0.3) is 5.91 Å². The average Bonchev–Trinajstić information content (AvgIpc) is 2.94. The van der Waals surface area contributed by atoms with Crippen molar-refractivity contribution in [3.05, 3.63) is 34.6 Å². The van der Waals surface area contributed by atoms with Crippen molar-refractivity contribution in [2.45, 2.75) is 40.2 Å². The summed E-state index contributed by atoms with van der Waals surface area (Å²) in [6.45, 7) is 8.91. The number of amides is 2. The van der Waals surface area contributed by atoms with Gasteiger partial charge < -0.3 is 9.64 Å². The molecule has 0 unspecified atom stereocenters. The molecule has 0 spiro atoms. The van der Waals surface area contributed by atoms with Gasteiger partial charge in [0.1, 0.15) is 17.5 Å². The van der Waals surface area contributed by atoms with Crippen LogP contribution in [0.15, 0.2) is 17.5 Å². The summed E-state index contributed by atoms with van der Waals surface area (Å²) in [7, 11) is 0. The summed E-state index contributed by atoms with van der Waals surface area (Å²) < 4.78 is 5.93. The number of likely N-dealkylation sites (tertiary alicyclic amines) is 1. The molecule has 1 aliphatic rings. The molecule has 0 aliphatic carbocycles. The summed E-state index contributed by atoms with van der Waals surface area (Å²) in [6.07, 6.45) is 0.502. The third-order valence-corrected chi connectivity index (χ3v) is 4.96. The van der Waals surface area contributed by atoms with Crippen LogP contribution in [0, 0.1) is 19.8 Å². The summed E-state index contributed by atoms with van der Waals surface area (Å²) in [5, 5.41) is 5.17. The van der Waals surface area contributed by atoms with Crippen molar-refractivity contribution in [1.82, 2.24) is 14.9 Å². The van der Waals surface area contributed by atoms with E-state index in [2.05, 4.69) is 15.3 Å². The van der Waals surface area contributed by atoms with Crippen LogP contribution in [0.5, 0.6) is 5.75 Å². The van der Waals surface area contributed by atoms with Crippen LogP contribution in [0.4, 0.5) is 5.13 Å². The summed E-state index contributed by atoms with van der Waals surface area (Å²) in [5.74, 6) is 0.779. The van der Waals surface area contributed by atoms with Gasteiger partial charge in [-0.2, -0.15) is 0 Å². The van der Waals surface area contributed by atoms with Crippen LogP contribution < -0.4 is 10.1 Å². The highest BCUT2D eigenvalue weighted by Gasteiger charge is 2.32. The van der Waals surface area contributed by atoms with Gasteiger partial charge in [0.05, 0.1) is 18.8 Å². The Hall–Kier alpha value is -2.48. The Bertz CT molecular complexity index is 843. The van der Waals surface area contributed by atoms with Gasteiger partial charge in [-0.25, -0.2) is 9.97 Å². The molecule has 0 atom stereocenters. The van der Waals surface area contributed by atoms with Crippen LogP contribution in [-0.2, 0) is 4.79 Å². The fourth-order valence-electron chi connectivity index (χ4n) is 2.78. The average molecular weight is 388 g/mol. The van der Waals surface area contributed by atoms with Gasteiger partial charge in [-0.15, -0.1) is 11.3 Å². The first-order valence-electron chi connectivity index (χ1n) is 8.96. The predicted molar refractivity (Wildman–Crippen MR) is 104 cm³/mol. The molecule has 1 saturated heterocycles. The first-order chi connectivity index (χ1) is 12.8. The van der Waals surface area contributed by atoms with E-state index in [9.17, 15) is 9.59 Å². The van der Waals surface area contributed by atoms with E-state index in [0.29, 0.717) is 42.0 Å². The first-order valence-corrected chi connectivity index (χ1v) is 9.84. The highest BCUT2D eigenvalue weighted by molar-refractivity contribution is 7.13. The van der Waals surface area contributed by atoms with Crippen LogP contribution in [0.1, 0.15) is 42.1 Å². The molecule has 27 heavy (non-hydrogen) atoms. The first kappa shape index (κ1) is 19.3. The molecule has 1 aliphatic heterocycles. The van der Waals surface area contributed by atoms with E-state index in [1.54, 1.807) is 17.0 Å². The maximum absolute atomic E-state index is 12.4. The summed E-state index contributed by atoms with van der Waals surface area (Å²) in [4.78, 5) is 34.7. The second kappa shape index (κ2) is 8.04. The molecular weight excluding hydrogens is 364 g/mol. The minimum Gasteiger partial charge on any atom is -0.487 e. The number of thiazole rings is 1. The molecule has 0 radical (unpaired) electrons. The van der Waals surface area contributed by atoms with Crippen molar-refractivity contribution in [3.8, 4) is 5.75 Å². The topological polar surface area (TPSA) is 84.4 Å². The standard InChI is InChI=1S/C19H24N4O3S/c1-11(2)5-17(24)23-8-15(9-23)26-14-6-12(3)20-16(7-14)18(25)22-19-21-13(4)10-27-19/h6-7,10-11,15H,5,8-9H2,1-4H3,(H,21,22,25). The Morgan fingerprint density at radius 1 is 1.26 bits per heavy atom. The van der Waals surface area contributed by atoms with E-state index in [1.165, 1.54) is 11.3 Å². The monoisotopic (exact) mass is 388 g/mol. The minimum absolute atomic E-state index is 0.0552. The minimum atomic E-state index is -0.319. The number of nitrogens with zero attached hydrogens (tertiary/aromatic N) is 3. The van der Waals surface area contributed by atoms with Gasteiger partial charge in [-0.05, 0) is 19.8 Å². The van der Waals surface area contributed by atoms with Crippen LogP contribution in [0.3, 0.4) is 0 Å². The van der Waals surface area contributed by atoms with E-state index < -0.39 is 0 Å². The Kier molecular flexibility index (Phi) is 5.74. The van der Waals surface area contributed by atoms with E-state index >= 15 is 0 Å². The lowest BCUT2D eigenvalue weighted by Crippen LogP contribution is -2.56.